The number of hydrogen-bond donors (Lipinski definition) is 1. The summed E-state index contributed by atoms with van der Waals surface area (Å²) in [5.74, 6) is -0.0565. The lowest BCUT2D eigenvalue weighted by molar-refractivity contribution is 0.583. The van der Waals surface area contributed by atoms with Gasteiger partial charge in [0.2, 0.25) is 0 Å². The summed E-state index contributed by atoms with van der Waals surface area (Å²) >= 11 is 0. The summed E-state index contributed by atoms with van der Waals surface area (Å²) in [5, 5.41) is 0. The number of sulfone groups is 1. The molecule has 0 fully saturated rings. The number of nitrogens with two attached hydrogens (primary N) is 1. The van der Waals surface area contributed by atoms with Crippen molar-refractivity contribution in [1.82, 2.24) is 9.55 Å². The number of anilines is 1. The van der Waals surface area contributed by atoms with Crippen molar-refractivity contribution in [3.8, 4) is 0 Å². The predicted octanol–water partition coefficient (Wildman–Crippen LogP) is 1.39. The molecule has 19 heavy (non-hydrogen) atoms. The number of hydrogen-bond acceptors (Lipinski definition) is 4. The average Bonchev–Trinajstić information content (AvgIpc) is 2.71. The fourth-order valence-corrected chi connectivity index (χ4v) is 3.02. The van der Waals surface area contributed by atoms with Crippen molar-refractivity contribution >= 4 is 15.5 Å². The Balaban J connectivity index is 2.21. The van der Waals surface area contributed by atoms with Crippen molar-refractivity contribution in [2.45, 2.75) is 18.4 Å². The number of benzene rings is 1. The molecule has 0 aliphatic heterocycles. The SMILES string of the molecule is Cc1nccn1CCS(=O)(=O)c1cc(N)cc(F)c1. The van der Waals surface area contributed by atoms with E-state index in [1.165, 1.54) is 6.07 Å². The van der Waals surface area contributed by atoms with Crippen molar-refractivity contribution in [3.05, 3.63) is 42.2 Å². The van der Waals surface area contributed by atoms with E-state index in [2.05, 4.69) is 4.98 Å². The van der Waals surface area contributed by atoms with Gasteiger partial charge in [0.05, 0.1) is 10.6 Å². The molecule has 102 valence electrons. The zero-order chi connectivity index (χ0) is 14.0. The number of halogens is 1. The van der Waals surface area contributed by atoms with Gasteiger partial charge in [-0.05, 0) is 25.1 Å². The Morgan fingerprint density at radius 2 is 2.11 bits per heavy atom. The standard InChI is InChI=1S/C12H14FN3O2S/c1-9-15-2-3-16(9)4-5-19(17,18)12-7-10(13)6-11(14)8-12/h2-3,6-8H,4-5,14H2,1H3. The second-order valence-electron chi connectivity index (χ2n) is 4.21. The molecule has 2 rings (SSSR count). The Kier molecular flexibility index (Phi) is 3.57. The minimum Gasteiger partial charge on any atom is -0.399 e. The van der Waals surface area contributed by atoms with Gasteiger partial charge >= 0.3 is 0 Å². The molecule has 1 aromatic heterocycles. The molecule has 1 aromatic carbocycles. The normalized spacial score (nSPS) is 11.7. The molecule has 0 aliphatic rings. The lowest BCUT2D eigenvalue weighted by Gasteiger charge is -2.07. The summed E-state index contributed by atoms with van der Waals surface area (Å²) in [6.45, 7) is 2.05. The third-order valence-corrected chi connectivity index (χ3v) is 4.45. The molecule has 7 heteroatoms. The first kappa shape index (κ1) is 13.5. The van der Waals surface area contributed by atoms with Crippen molar-refractivity contribution in [2.75, 3.05) is 11.5 Å². The molecule has 0 saturated carbocycles. The van der Waals surface area contributed by atoms with Gasteiger partial charge in [-0.25, -0.2) is 17.8 Å². The van der Waals surface area contributed by atoms with E-state index in [0.717, 1.165) is 18.0 Å². The second-order valence-corrected chi connectivity index (χ2v) is 6.32. The predicted molar refractivity (Wildman–Crippen MR) is 69.8 cm³/mol. The molecule has 0 bridgehead atoms. The summed E-state index contributed by atoms with van der Waals surface area (Å²) < 4.78 is 39.1. The minimum absolute atomic E-state index is 0.0947. The zero-order valence-electron chi connectivity index (χ0n) is 10.4. The third kappa shape index (κ3) is 3.11. The molecule has 0 atom stereocenters. The van der Waals surface area contributed by atoms with Crippen molar-refractivity contribution in [2.24, 2.45) is 0 Å². The number of rotatable bonds is 4. The van der Waals surface area contributed by atoms with Crippen LogP contribution in [0.25, 0.3) is 0 Å². The van der Waals surface area contributed by atoms with Gasteiger partial charge in [0.15, 0.2) is 9.84 Å². The van der Waals surface area contributed by atoms with Crippen LogP contribution in [0, 0.1) is 12.7 Å². The number of aryl methyl sites for hydroxylation is 2. The molecular weight excluding hydrogens is 269 g/mol. The second kappa shape index (κ2) is 5.00. The molecule has 0 unspecified atom stereocenters. The lowest BCUT2D eigenvalue weighted by atomic mass is 10.3. The molecule has 0 aliphatic carbocycles. The van der Waals surface area contributed by atoms with Gasteiger partial charge < -0.3 is 10.3 Å². The van der Waals surface area contributed by atoms with E-state index in [1.54, 1.807) is 23.9 Å². The monoisotopic (exact) mass is 283 g/mol. The molecule has 2 N–H and O–H groups in total. The van der Waals surface area contributed by atoms with Crippen LogP contribution < -0.4 is 5.73 Å². The average molecular weight is 283 g/mol. The van der Waals surface area contributed by atoms with E-state index >= 15 is 0 Å². The highest BCUT2D eigenvalue weighted by Gasteiger charge is 2.16. The van der Waals surface area contributed by atoms with Gasteiger partial charge in [0, 0.05) is 24.6 Å². The van der Waals surface area contributed by atoms with Crippen LogP contribution in [0.4, 0.5) is 10.1 Å². The summed E-state index contributed by atoms with van der Waals surface area (Å²) in [7, 11) is -3.57. The van der Waals surface area contributed by atoms with Crippen molar-refractivity contribution in [3.63, 3.8) is 0 Å². The van der Waals surface area contributed by atoms with Crippen LogP contribution in [0.1, 0.15) is 5.82 Å². The van der Waals surface area contributed by atoms with Gasteiger partial charge in [0.25, 0.3) is 0 Å². The van der Waals surface area contributed by atoms with Gasteiger partial charge in [-0.3, -0.25) is 0 Å². The Bertz CT molecular complexity index is 675. The van der Waals surface area contributed by atoms with Gasteiger partial charge in [-0.2, -0.15) is 0 Å². The Morgan fingerprint density at radius 1 is 1.37 bits per heavy atom. The smallest absolute Gasteiger partial charge is 0.180 e. The highest BCUT2D eigenvalue weighted by Crippen LogP contribution is 2.17. The molecular formula is C12H14FN3O2S. The van der Waals surface area contributed by atoms with E-state index in [9.17, 15) is 12.8 Å². The molecule has 5 nitrogen and oxygen atoms in total. The third-order valence-electron chi connectivity index (χ3n) is 2.78. The zero-order valence-corrected chi connectivity index (χ0v) is 11.2. The summed E-state index contributed by atoms with van der Waals surface area (Å²) in [4.78, 5) is 3.91. The quantitative estimate of drug-likeness (QED) is 0.860. The first-order valence-corrected chi connectivity index (χ1v) is 7.30. The largest absolute Gasteiger partial charge is 0.399 e. The molecule has 0 spiro atoms. The Hall–Kier alpha value is -1.89. The van der Waals surface area contributed by atoms with Crippen LogP contribution in [0.3, 0.4) is 0 Å². The maximum Gasteiger partial charge on any atom is 0.180 e. The highest BCUT2D eigenvalue weighted by atomic mass is 32.2. The van der Waals surface area contributed by atoms with E-state index < -0.39 is 15.7 Å². The number of aromatic nitrogens is 2. The number of nitrogen functional groups attached to an aromatic ring is 1. The fraction of sp³-hybridized carbons (Fsp3) is 0.250. The highest BCUT2D eigenvalue weighted by molar-refractivity contribution is 7.91. The van der Waals surface area contributed by atoms with Gasteiger partial charge in [0.1, 0.15) is 11.6 Å². The minimum atomic E-state index is -3.57. The van der Waals surface area contributed by atoms with Crippen LogP contribution in [-0.4, -0.2) is 23.7 Å². The first-order valence-electron chi connectivity index (χ1n) is 5.65. The maximum absolute atomic E-state index is 13.2. The van der Waals surface area contributed by atoms with Gasteiger partial charge in [-0.1, -0.05) is 0 Å². The molecule has 0 saturated heterocycles. The van der Waals surface area contributed by atoms with E-state index in [-0.39, 0.29) is 22.9 Å². The summed E-state index contributed by atoms with van der Waals surface area (Å²) in [6, 6.07) is 3.32. The first-order chi connectivity index (χ1) is 8.88. The number of nitrogens with zero attached hydrogens (tertiary/aromatic N) is 2. The van der Waals surface area contributed by atoms with Crippen molar-refractivity contribution in [1.29, 1.82) is 0 Å². The molecule has 1 heterocycles. The maximum atomic E-state index is 13.2. The van der Waals surface area contributed by atoms with Crippen LogP contribution in [0.5, 0.6) is 0 Å². The summed E-state index contributed by atoms with van der Waals surface area (Å²) in [5.41, 5.74) is 5.55. The molecule has 2 aromatic rings. The topological polar surface area (TPSA) is 78.0 Å². The lowest BCUT2D eigenvalue weighted by Crippen LogP contribution is -2.14. The van der Waals surface area contributed by atoms with Crippen LogP contribution in [0.2, 0.25) is 0 Å². The summed E-state index contributed by atoms with van der Waals surface area (Å²) in [6.07, 6.45) is 3.30. The van der Waals surface area contributed by atoms with E-state index in [1.807, 2.05) is 0 Å². The van der Waals surface area contributed by atoms with E-state index in [0.29, 0.717) is 0 Å². The molecule has 0 radical (unpaired) electrons. The molecule has 0 amide bonds. The Labute approximate surface area is 110 Å². The number of imidazole rings is 1. The fourth-order valence-electron chi connectivity index (χ4n) is 1.74. The van der Waals surface area contributed by atoms with Gasteiger partial charge in [-0.15, -0.1) is 0 Å². The van der Waals surface area contributed by atoms with E-state index in [4.69, 9.17) is 5.73 Å². The van der Waals surface area contributed by atoms with Crippen molar-refractivity contribution < 1.29 is 12.8 Å². The van der Waals surface area contributed by atoms with Crippen LogP contribution >= 0.6 is 0 Å². The Morgan fingerprint density at radius 3 is 2.68 bits per heavy atom. The van der Waals surface area contributed by atoms with Crippen LogP contribution in [0.15, 0.2) is 35.5 Å². The van der Waals surface area contributed by atoms with Crippen LogP contribution in [-0.2, 0) is 16.4 Å².